The van der Waals surface area contributed by atoms with Crippen LogP contribution in [0.4, 0.5) is 0 Å². The molecule has 0 saturated carbocycles. The molecule has 0 spiro atoms. The third-order valence-corrected chi connectivity index (χ3v) is 3.88. The standard InChI is InChI=1S/C20H22N2O3/c1-20(2,3)15-11-9-14(10-12-15)19-22-21-18(25-19)13-24-17-8-6-5-7-16(17)23-4/h5-12H,13H2,1-4H3. The second kappa shape index (κ2) is 6.97. The van der Waals surface area contributed by atoms with Gasteiger partial charge in [0.25, 0.3) is 5.89 Å². The Kier molecular flexibility index (Phi) is 4.74. The van der Waals surface area contributed by atoms with Crippen LogP contribution < -0.4 is 9.47 Å². The number of benzene rings is 2. The molecule has 2 aromatic carbocycles. The molecule has 0 saturated heterocycles. The summed E-state index contributed by atoms with van der Waals surface area (Å²) in [5, 5.41) is 8.16. The SMILES string of the molecule is COc1ccccc1OCc1nnc(-c2ccc(C(C)(C)C)cc2)o1. The highest BCUT2D eigenvalue weighted by atomic mass is 16.5. The molecule has 0 amide bonds. The Bertz CT molecular complexity index is 833. The van der Waals surface area contributed by atoms with Crippen molar-refractivity contribution in [3.05, 3.63) is 60.0 Å². The minimum absolute atomic E-state index is 0.112. The maximum absolute atomic E-state index is 5.71. The lowest BCUT2D eigenvalue weighted by atomic mass is 9.87. The molecule has 0 aliphatic carbocycles. The molecule has 3 aromatic rings. The third kappa shape index (κ3) is 3.99. The van der Waals surface area contributed by atoms with E-state index < -0.39 is 0 Å². The highest BCUT2D eigenvalue weighted by Gasteiger charge is 2.15. The molecule has 0 unspecified atom stereocenters. The first-order valence-electron chi connectivity index (χ1n) is 8.16. The van der Waals surface area contributed by atoms with Gasteiger partial charge in [0.15, 0.2) is 18.1 Å². The zero-order chi connectivity index (χ0) is 17.9. The number of aromatic nitrogens is 2. The van der Waals surface area contributed by atoms with Gasteiger partial charge in [-0.3, -0.25) is 0 Å². The number of para-hydroxylation sites is 2. The first-order valence-corrected chi connectivity index (χ1v) is 8.16. The molecule has 0 aliphatic rings. The van der Waals surface area contributed by atoms with Crippen LogP contribution in [0.5, 0.6) is 11.5 Å². The van der Waals surface area contributed by atoms with E-state index in [1.807, 2.05) is 36.4 Å². The Morgan fingerprint density at radius 3 is 2.24 bits per heavy atom. The Labute approximate surface area is 147 Å². The Morgan fingerprint density at radius 2 is 1.60 bits per heavy atom. The summed E-state index contributed by atoms with van der Waals surface area (Å²) >= 11 is 0. The van der Waals surface area contributed by atoms with Crippen molar-refractivity contribution in [2.45, 2.75) is 32.8 Å². The molecular weight excluding hydrogens is 316 g/mol. The molecule has 25 heavy (non-hydrogen) atoms. The summed E-state index contributed by atoms with van der Waals surface area (Å²) in [7, 11) is 1.61. The summed E-state index contributed by atoms with van der Waals surface area (Å²) < 4.78 is 16.7. The highest BCUT2D eigenvalue weighted by Crippen LogP contribution is 2.28. The fourth-order valence-corrected chi connectivity index (χ4v) is 2.42. The van der Waals surface area contributed by atoms with Gasteiger partial charge in [-0.25, -0.2) is 0 Å². The van der Waals surface area contributed by atoms with Gasteiger partial charge < -0.3 is 13.9 Å². The normalized spacial score (nSPS) is 11.4. The van der Waals surface area contributed by atoms with Crippen LogP contribution in [0, 0.1) is 0 Å². The average Bonchev–Trinajstić information content (AvgIpc) is 3.08. The molecule has 5 nitrogen and oxygen atoms in total. The van der Waals surface area contributed by atoms with Crippen molar-refractivity contribution in [3.8, 4) is 23.0 Å². The molecule has 3 rings (SSSR count). The molecule has 0 aliphatic heterocycles. The maximum Gasteiger partial charge on any atom is 0.254 e. The van der Waals surface area contributed by atoms with Crippen LogP contribution >= 0.6 is 0 Å². The summed E-state index contributed by atoms with van der Waals surface area (Å²) in [6, 6.07) is 15.6. The summed E-state index contributed by atoms with van der Waals surface area (Å²) in [6.45, 7) is 6.74. The Morgan fingerprint density at radius 1 is 0.920 bits per heavy atom. The highest BCUT2D eigenvalue weighted by molar-refractivity contribution is 5.53. The molecule has 0 N–H and O–H groups in total. The number of methoxy groups -OCH3 is 1. The molecule has 5 heteroatoms. The number of ether oxygens (including phenoxy) is 2. The third-order valence-electron chi connectivity index (χ3n) is 3.88. The lowest BCUT2D eigenvalue weighted by Gasteiger charge is -2.18. The van der Waals surface area contributed by atoms with Crippen molar-refractivity contribution in [3.63, 3.8) is 0 Å². The van der Waals surface area contributed by atoms with Crippen LogP contribution in [0.1, 0.15) is 32.2 Å². The van der Waals surface area contributed by atoms with Gasteiger partial charge in [-0.15, -0.1) is 10.2 Å². The van der Waals surface area contributed by atoms with E-state index >= 15 is 0 Å². The molecule has 0 atom stereocenters. The van der Waals surface area contributed by atoms with Gasteiger partial charge in [0.2, 0.25) is 5.89 Å². The monoisotopic (exact) mass is 338 g/mol. The van der Waals surface area contributed by atoms with E-state index in [4.69, 9.17) is 13.9 Å². The van der Waals surface area contributed by atoms with Gasteiger partial charge in [-0.05, 0) is 35.2 Å². The fourth-order valence-electron chi connectivity index (χ4n) is 2.42. The zero-order valence-corrected chi connectivity index (χ0v) is 14.9. The van der Waals surface area contributed by atoms with E-state index in [9.17, 15) is 0 Å². The van der Waals surface area contributed by atoms with Crippen LogP contribution in [0.15, 0.2) is 52.9 Å². The number of hydrogen-bond donors (Lipinski definition) is 0. The van der Waals surface area contributed by atoms with Gasteiger partial charge in [-0.1, -0.05) is 45.0 Å². The fraction of sp³-hybridized carbons (Fsp3) is 0.300. The summed E-state index contributed by atoms with van der Waals surface area (Å²) in [4.78, 5) is 0. The maximum atomic E-state index is 5.71. The van der Waals surface area contributed by atoms with Crippen molar-refractivity contribution in [2.75, 3.05) is 7.11 Å². The molecular formula is C20H22N2O3. The van der Waals surface area contributed by atoms with E-state index in [0.29, 0.717) is 23.3 Å². The predicted molar refractivity (Wildman–Crippen MR) is 95.8 cm³/mol. The van der Waals surface area contributed by atoms with Crippen molar-refractivity contribution < 1.29 is 13.9 Å². The van der Waals surface area contributed by atoms with E-state index in [1.54, 1.807) is 7.11 Å². The number of rotatable bonds is 5. The molecule has 0 fully saturated rings. The lowest BCUT2D eigenvalue weighted by molar-refractivity contribution is 0.251. The minimum atomic E-state index is 0.112. The van der Waals surface area contributed by atoms with E-state index in [1.165, 1.54) is 5.56 Å². The number of hydrogen-bond acceptors (Lipinski definition) is 5. The van der Waals surface area contributed by atoms with Crippen LogP contribution in [0.25, 0.3) is 11.5 Å². The average molecular weight is 338 g/mol. The molecule has 0 bridgehead atoms. The van der Waals surface area contributed by atoms with Gasteiger partial charge in [-0.2, -0.15) is 0 Å². The second-order valence-electron chi connectivity index (χ2n) is 6.77. The first-order chi connectivity index (χ1) is 12.0. The predicted octanol–water partition coefficient (Wildman–Crippen LogP) is 4.62. The molecule has 130 valence electrons. The summed E-state index contributed by atoms with van der Waals surface area (Å²) in [5.74, 6) is 2.21. The van der Waals surface area contributed by atoms with Gasteiger partial charge in [0.05, 0.1) is 7.11 Å². The molecule has 0 radical (unpaired) electrons. The van der Waals surface area contributed by atoms with E-state index in [2.05, 4.69) is 43.1 Å². The van der Waals surface area contributed by atoms with Gasteiger partial charge in [0.1, 0.15) is 0 Å². The Hall–Kier alpha value is -2.82. The molecule has 1 heterocycles. The van der Waals surface area contributed by atoms with E-state index in [0.717, 1.165) is 5.56 Å². The zero-order valence-electron chi connectivity index (χ0n) is 14.9. The van der Waals surface area contributed by atoms with Crippen molar-refractivity contribution in [1.29, 1.82) is 0 Å². The van der Waals surface area contributed by atoms with Crippen LogP contribution in [0.3, 0.4) is 0 Å². The smallest absolute Gasteiger partial charge is 0.254 e. The van der Waals surface area contributed by atoms with Crippen molar-refractivity contribution in [1.82, 2.24) is 10.2 Å². The summed E-state index contributed by atoms with van der Waals surface area (Å²) in [5.41, 5.74) is 2.26. The topological polar surface area (TPSA) is 57.4 Å². The van der Waals surface area contributed by atoms with Crippen LogP contribution in [-0.4, -0.2) is 17.3 Å². The van der Waals surface area contributed by atoms with Crippen molar-refractivity contribution >= 4 is 0 Å². The van der Waals surface area contributed by atoms with E-state index in [-0.39, 0.29) is 12.0 Å². The van der Waals surface area contributed by atoms with Gasteiger partial charge >= 0.3 is 0 Å². The van der Waals surface area contributed by atoms with Crippen molar-refractivity contribution in [2.24, 2.45) is 0 Å². The second-order valence-corrected chi connectivity index (χ2v) is 6.77. The lowest BCUT2D eigenvalue weighted by Crippen LogP contribution is -2.10. The number of nitrogens with zero attached hydrogens (tertiary/aromatic N) is 2. The largest absolute Gasteiger partial charge is 0.493 e. The van der Waals surface area contributed by atoms with Crippen LogP contribution in [0.2, 0.25) is 0 Å². The quantitative estimate of drug-likeness (QED) is 0.679. The first kappa shape index (κ1) is 17.0. The molecule has 1 aromatic heterocycles. The van der Waals surface area contributed by atoms with Gasteiger partial charge in [0, 0.05) is 5.56 Å². The Balaban J connectivity index is 1.70. The summed E-state index contributed by atoms with van der Waals surface area (Å²) in [6.07, 6.45) is 0. The minimum Gasteiger partial charge on any atom is -0.493 e. The van der Waals surface area contributed by atoms with Crippen LogP contribution in [-0.2, 0) is 12.0 Å².